The molecule has 1 aliphatic heterocycles. The number of anilines is 5. The number of aryl methyl sites for hydroxylation is 1. The van der Waals surface area contributed by atoms with Crippen molar-refractivity contribution in [1.29, 1.82) is 0 Å². The second-order valence-corrected chi connectivity index (χ2v) is 7.08. The fraction of sp³-hybridized carbons (Fsp3) is 0.286. The average molecular weight is 430 g/mol. The lowest BCUT2D eigenvalue weighted by Crippen LogP contribution is -2.37. The summed E-state index contributed by atoms with van der Waals surface area (Å²) in [6.07, 6.45) is -4.44. The van der Waals surface area contributed by atoms with E-state index in [0.717, 1.165) is 23.4 Å². The van der Waals surface area contributed by atoms with Gasteiger partial charge in [0.05, 0.1) is 18.8 Å². The smallest absolute Gasteiger partial charge is 0.378 e. The minimum Gasteiger partial charge on any atom is -0.378 e. The third-order valence-corrected chi connectivity index (χ3v) is 4.67. The lowest BCUT2D eigenvalue weighted by molar-refractivity contribution is -0.137. The van der Waals surface area contributed by atoms with Crippen LogP contribution in [0.25, 0.3) is 0 Å². The van der Waals surface area contributed by atoms with Gasteiger partial charge in [0, 0.05) is 24.5 Å². The molecule has 7 nitrogen and oxygen atoms in total. The summed E-state index contributed by atoms with van der Waals surface area (Å²) < 4.78 is 44.5. The summed E-state index contributed by atoms with van der Waals surface area (Å²) >= 11 is 0. The van der Waals surface area contributed by atoms with E-state index >= 15 is 0 Å². The van der Waals surface area contributed by atoms with Crippen LogP contribution >= 0.6 is 0 Å². The summed E-state index contributed by atoms with van der Waals surface area (Å²) in [4.78, 5) is 15.2. The molecule has 0 spiro atoms. The molecule has 1 fully saturated rings. The van der Waals surface area contributed by atoms with E-state index in [1.165, 1.54) is 12.1 Å². The van der Waals surface area contributed by atoms with Crippen molar-refractivity contribution in [3.8, 4) is 0 Å². The zero-order chi connectivity index (χ0) is 21.8. The molecule has 162 valence electrons. The van der Waals surface area contributed by atoms with Crippen molar-refractivity contribution in [1.82, 2.24) is 15.0 Å². The molecule has 0 atom stereocenters. The highest BCUT2D eigenvalue weighted by atomic mass is 19.4. The summed E-state index contributed by atoms with van der Waals surface area (Å²) in [6.45, 7) is 4.29. The van der Waals surface area contributed by atoms with Gasteiger partial charge < -0.3 is 20.3 Å². The van der Waals surface area contributed by atoms with Crippen LogP contribution < -0.4 is 15.5 Å². The summed E-state index contributed by atoms with van der Waals surface area (Å²) in [5, 5.41) is 6.00. The Labute approximate surface area is 177 Å². The molecule has 1 saturated heterocycles. The van der Waals surface area contributed by atoms with Crippen LogP contribution in [0.4, 0.5) is 42.4 Å². The topological polar surface area (TPSA) is 75.2 Å². The maximum atomic E-state index is 13.1. The fourth-order valence-electron chi connectivity index (χ4n) is 3.05. The van der Waals surface area contributed by atoms with Gasteiger partial charge in [0.2, 0.25) is 17.8 Å². The number of nitrogens with one attached hydrogen (secondary N) is 2. The molecule has 31 heavy (non-hydrogen) atoms. The van der Waals surface area contributed by atoms with Crippen LogP contribution in [0.1, 0.15) is 11.1 Å². The number of nitrogens with zero attached hydrogens (tertiary/aromatic N) is 4. The standard InChI is InChI=1S/C21H21F3N6O/c1-14-5-7-16(8-6-14)25-18-27-19(29-20(28-18)30-9-11-31-12-10-30)26-17-4-2-3-15(13-17)21(22,23)24/h2-8,13H,9-12H2,1H3,(H2,25,26,27,28,29). The first-order chi connectivity index (χ1) is 14.9. The Hall–Kier alpha value is -3.40. The zero-order valence-electron chi connectivity index (χ0n) is 16.8. The predicted octanol–water partition coefficient (Wildman–Crippen LogP) is 4.52. The molecule has 2 N–H and O–H groups in total. The molecule has 0 amide bonds. The van der Waals surface area contributed by atoms with E-state index in [4.69, 9.17) is 4.74 Å². The summed E-state index contributed by atoms with van der Waals surface area (Å²) in [5.74, 6) is 0.850. The van der Waals surface area contributed by atoms with Gasteiger partial charge in [0.25, 0.3) is 0 Å². The third-order valence-electron chi connectivity index (χ3n) is 4.67. The molecule has 0 radical (unpaired) electrons. The van der Waals surface area contributed by atoms with Gasteiger partial charge in [-0.05, 0) is 37.3 Å². The number of alkyl halides is 3. The predicted molar refractivity (Wildman–Crippen MR) is 112 cm³/mol. The SMILES string of the molecule is Cc1ccc(Nc2nc(Nc3cccc(C(F)(F)F)c3)nc(N3CCOCC3)n2)cc1. The van der Waals surface area contributed by atoms with Gasteiger partial charge in [-0.1, -0.05) is 23.8 Å². The number of halogens is 3. The number of benzene rings is 2. The highest BCUT2D eigenvalue weighted by Crippen LogP contribution is 2.31. The lowest BCUT2D eigenvalue weighted by Gasteiger charge is -2.27. The van der Waals surface area contributed by atoms with Crippen molar-refractivity contribution < 1.29 is 17.9 Å². The van der Waals surface area contributed by atoms with Crippen LogP contribution in [0.2, 0.25) is 0 Å². The van der Waals surface area contributed by atoms with Crippen molar-refractivity contribution in [3.63, 3.8) is 0 Å². The Bertz CT molecular complexity index is 1040. The minimum atomic E-state index is -4.44. The first-order valence-electron chi connectivity index (χ1n) is 9.73. The second kappa shape index (κ2) is 8.76. The van der Waals surface area contributed by atoms with Crippen LogP contribution in [-0.2, 0) is 10.9 Å². The van der Waals surface area contributed by atoms with Crippen LogP contribution in [-0.4, -0.2) is 41.3 Å². The quantitative estimate of drug-likeness (QED) is 0.616. The molecule has 0 aliphatic carbocycles. The monoisotopic (exact) mass is 430 g/mol. The molecule has 2 heterocycles. The fourth-order valence-corrected chi connectivity index (χ4v) is 3.05. The molecule has 0 unspecified atom stereocenters. The number of rotatable bonds is 5. The van der Waals surface area contributed by atoms with Crippen molar-refractivity contribution >= 4 is 29.2 Å². The molecule has 2 aromatic carbocycles. The molecule has 1 aliphatic rings. The van der Waals surface area contributed by atoms with Crippen molar-refractivity contribution in [2.24, 2.45) is 0 Å². The van der Waals surface area contributed by atoms with Crippen molar-refractivity contribution in [2.75, 3.05) is 41.8 Å². The Kier molecular flexibility index (Phi) is 5.90. The third kappa shape index (κ3) is 5.40. The van der Waals surface area contributed by atoms with Gasteiger partial charge in [-0.3, -0.25) is 0 Å². The second-order valence-electron chi connectivity index (χ2n) is 7.08. The van der Waals surface area contributed by atoms with Crippen molar-refractivity contribution in [2.45, 2.75) is 13.1 Å². The molecular formula is C21H21F3N6O. The highest BCUT2D eigenvalue weighted by Gasteiger charge is 2.30. The average Bonchev–Trinajstić information content (AvgIpc) is 2.75. The van der Waals surface area contributed by atoms with Gasteiger partial charge >= 0.3 is 6.18 Å². The molecule has 10 heteroatoms. The molecule has 3 aromatic rings. The van der Waals surface area contributed by atoms with E-state index in [1.54, 1.807) is 0 Å². The Balaban J connectivity index is 1.64. The van der Waals surface area contributed by atoms with Crippen LogP contribution in [0.5, 0.6) is 0 Å². The van der Waals surface area contributed by atoms with Gasteiger partial charge in [0.15, 0.2) is 0 Å². The van der Waals surface area contributed by atoms with Crippen molar-refractivity contribution in [3.05, 3.63) is 59.7 Å². The van der Waals surface area contributed by atoms with E-state index in [1.807, 2.05) is 36.1 Å². The van der Waals surface area contributed by atoms with Crippen LogP contribution in [0.15, 0.2) is 48.5 Å². The molecule has 1 aromatic heterocycles. The minimum absolute atomic E-state index is 0.144. The largest absolute Gasteiger partial charge is 0.416 e. The lowest BCUT2D eigenvalue weighted by atomic mass is 10.2. The molecular weight excluding hydrogens is 409 g/mol. The van der Waals surface area contributed by atoms with Crippen LogP contribution in [0.3, 0.4) is 0 Å². The first kappa shape index (κ1) is 20.9. The van der Waals surface area contributed by atoms with Gasteiger partial charge in [-0.2, -0.15) is 28.1 Å². The first-order valence-corrected chi connectivity index (χ1v) is 9.73. The highest BCUT2D eigenvalue weighted by molar-refractivity contribution is 5.60. The normalized spacial score (nSPS) is 14.4. The summed E-state index contributed by atoms with van der Waals surface area (Å²) in [7, 11) is 0. The Morgan fingerprint density at radius 3 is 2.16 bits per heavy atom. The van der Waals surface area contributed by atoms with Gasteiger partial charge in [0.1, 0.15) is 0 Å². The Morgan fingerprint density at radius 1 is 0.871 bits per heavy atom. The number of hydrogen-bond donors (Lipinski definition) is 2. The van der Waals surface area contributed by atoms with E-state index in [0.29, 0.717) is 32.3 Å². The molecule has 0 bridgehead atoms. The Morgan fingerprint density at radius 2 is 1.52 bits per heavy atom. The van der Waals surface area contributed by atoms with Gasteiger partial charge in [-0.15, -0.1) is 0 Å². The number of ether oxygens (including phenoxy) is 1. The number of hydrogen-bond acceptors (Lipinski definition) is 7. The van der Waals surface area contributed by atoms with Gasteiger partial charge in [-0.25, -0.2) is 0 Å². The number of morpholine rings is 1. The molecule has 4 rings (SSSR count). The maximum Gasteiger partial charge on any atom is 0.416 e. The van der Waals surface area contributed by atoms with E-state index in [-0.39, 0.29) is 17.6 Å². The van der Waals surface area contributed by atoms with Crippen LogP contribution in [0, 0.1) is 6.92 Å². The van der Waals surface area contributed by atoms with E-state index in [9.17, 15) is 13.2 Å². The number of aromatic nitrogens is 3. The summed E-state index contributed by atoms with van der Waals surface area (Å²) in [6, 6.07) is 12.6. The van der Waals surface area contributed by atoms with E-state index in [2.05, 4.69) is 25.6 Å². The molecule has 0 saturated carbocycles. The van der Waals surface area contributed by atoms with E-state index < -0.39 is 11.7 Å². The zero-order valence-corrected chi connectivity index (χ0v) is 16.8. The summed E-state index contributed by atoms with van der Waals surface area (Å²) in [5.41, 5.74) is 1.38. The maximum absolute atomic E-state index is 13.1.